The molecule has 1 aliphatic rings. The fourth-order valence-electron chi connectivity index (χ4n) is 1.95. The molecule has 0 unspecified atom stereocenters. The molecule has 0 fully saturated rings. The van der Waals surface area contributed by atoms with Crippen molar-refractivity contribution in [2.45, 2.75) is 0 Å². The molecule has 0 saturated heterocycles. The highest BCUT2D eigenvalue weighted by molar-refractivity contribution is 6.42. The normalized spacial score (nSPS) is 12.6. The van der Waals surface area contributed by atoms with Crippen molar-refractivity contribution >= 4 is 40.9 Å². The van der Waals surface area contributed by atoms with Crippen LogP contribution in [0.25, 0.3) is 6.08 Å². The molecule has 0 bridgehead atoms. The number of carbonyl (C=O) groups excluding carboxylic acids is 1. The topological polar surface area (TPSA) is 47.6 Å². The van der Waals surface area contributed by atoms with Gasteiger partial charge in [-0.1, -0.05) is 29.3 Å². The van der Waals surface area contributed by atoms with Crippen molar-refractivity contribution in [2.24, 2.45) is 0 Å². The van der Waals surface area contributed by atoms with Crippen molar-refractivity contribution < 1.29 is 14.3 Å². The van der Waals surface area contributed by atoms with Crippen LogP contribution in [0.5, 0.6) is 11.5 Å². The summed E-state index contributed by atoms with van der Waals surface area (Å²) in [6.45, 7) is 0.223. The zero-order chi connectivity index (χ0) is 15.5. The number of nitrogens with one attached hydrogen (secondary N) is 1. The van der Waals surface area contributed by atoms with Gasteiger partial charge >= 0.3 is 0 Å². The minimum absolute atomic E-state index is 0.223. The number of benzene rings is 2. The molecule has 1 amide bonds. The number of hydrogen-bond donors (Lipinski definition) is 1. The lowest BCUT2D eigenvalue weighted by molar-refractivity contribution is -0.111. The summed E-state index contributed by atoms with van der Waals surface area (Å²) in [5, 5.41) is 3.54. The summed E-state index contributed by atoms with van der Waals surface area (Å²) < 4.78 is 10.5. The Balaban J connectivity index is 1.67. The van der Waals surface area contributed by atoms with Gasteiger partial charge in [0.25, 0.3) is 0 Å². The molecule has 1 N–H and O–H groups in total. The van der Waals surface area contributed by atoms with Crippen LogP contribution >= 0.6 is 23.2 Å². The van der Waals surface area contributed by atoms with Gasteiger partial charge in [-0.05, 0) is 42.0 Å². The quantitative estimate of drug-likeness (QED) is 0.847. The van der Waals surface area contributed by atoms with Gasteiger partial charge in [0.1, 0.15) is 0 Å². The van der Waals surface area contributed by atoms with Gasteiger partial charge in [-0.25, -0.2) is 0 Å². The van der Waals surface area contributed by atoms with Crippen LogP contribution < -0.4 is 14.8 Å². The van der Waals surface area contributed by atoms with Gasteiger partial charge in [0, 0.05) is 11.8 Å². The highest BCUT2D eigenvalue weighted by Crippen LogP contribution is 2.32. The van der Waals surface area contributed by atoms with Crippen LogP contribution in [-0.2, 0) is 4.79 Å². The lowest BCUT2D eigenvalue weighted by Gasteiger charge is -2.03. The van der Waals surface area contributed by atoms with Crippen LogP contribution in [-0.4, -0.2) is 12.7 Å². The molecule has 0 atom stereocenters. The maximum Gasteiger partial charge on any atom is 0.248 e. The van der Waals surface area contributed by atoms with Crippen LogP contribution in [0, 0.1) is 0 Å². The second-order valence-electron chi connectivity index (χ2n) is 4.56. The van der Waals surface area contributed by atoms with Gasteiger partial charge in [-0.15, -0.1) is 0 Å². The minimum atomic E-state index is -0.268. The van der Waals surface area contributed by atoms with E-state index in [1.807, 2.05) is 12.1 Å². The third-order valence-corrected chi connectivity index (χ3v) is 3.75. The third-order valence-electron chi connectivity index (χ3n) is 3.01. The Hall–Kier alpha value is -2.17. The molecule has 0 saturated carbocycles. The minimum Gasteiger partial charge on any atom is -0.454 e. The molecule has 112 valence electrons. The van der Waals surface area contributed by atoms with Crippen molar-refractivity contribution in [1.29, 1.82) is 0 Å². The van der Waals surface area contributed by atoms with Gasteiger partial charge in [0.2, 0.25) is 12.7 Å². The smallest absolute Gasteiger partial charge is 0.248 e. The van der Waals surface area contributed by atoms with Crippen molar-refractivity contribution in [3.63, 3.8) is 0 Å². The van der Waals surface area contributed by atoms with E-state index >= 15 is 0 Å². The molecule has 0 aromatic heterocycles. The maximum atomic E-state index is 11.9. The fourth-order valence-corrected chi connectivity index (χ4v) is 2.24. The lowest BCUT2D eigenvalue weighted by atomic mass is 10.2. The van der Waals surface area contributed by atoms with E-state index in [0.717, 1.165) is 5.56 Å². The molecule has 0 aliphatic carbocycles. The number of ether oxygens (including phenoxy) is 2. The zero-order valence-electron chi connectivity index (χ0n) is 11.3. The molecule has 1 heterocycles. The summed E-state index contributed by atoms with van der Waals surface area (Å²) in [6.07, 6.45) is 3.12. The Kier molecular flexibility index (Phi) is 4.22. The summed E-state index contributed by atoms with van der Waals surface area (Å²) in [4.78, 5) is 11.9. The number of amides is 1. The van der Waals surface area contributed by atoms with E-state index in [2.05, 4.69) is 5.32 Å². The largest absolute Gasteiger partial charge is 0.454 e. The molecule has 22 heavy (non-hydrogen) atoms. The van der Waals surface area contributed by atoms with Crippen LogP contribution in [0.2, 0.25) is 10.0 Å². The standard InChI is InChI=1S/C16H11Cl2NO3/c17-12-4-3-11(8-13(12)18)19-16(20)6-2-10-1-5-14-15(7-10)22-9-21-14/h1-8H,9H2,(H,19,20)/b6-2+. The summed E-state index contributed by atoms with van der Waals surface area (Å²) >= 11 is 11.7. The second-order valence-corrected chi connectivity index (χ2v) is 5.38. The van der Waals surface area contributed by atoms with Crippen LogP contribution in [0.3, 0.4) is 0 Å². The summed E-state index contributed by atoms with van der Waals surface area (Å²) in [7, 11) is 0. The van der Waals surface area contributed by atoms with E-state index in [9.17, 15) is 4.79 Å². The SMILES string of the molecule is O=C(/C=C/c1ccc2c(c1)OCO2)Nc1ccc(Cl)c(Cl)c1. The molecule has 1 aliphatic heterocycles. The average Bonchev–Trinajstić information content (AvgIpc) is 2.96. The molecule has 6 heteroatoms. The molecular formula is C16H11Cl2NO3. The maximum absolute atomic E-state index is 11.9. The first-order chi connectivity index (χ1) is 10.6. The van der Waals surface area contributed by atoms with Gasteiger partial charge < -0.3 is 14.8 Å². The zero-order valence-corrected chi connectivity index (χ0v) is 12.8. The number of hydrogen-bond acceptors (Lipinski definition) is 3. The summed E-state index contributed by atoms with van der Waals surface area (Å²) in [5.41, 5.74) is 1.42. The highest BCUT2D eigenvalue weighted by atomic mass is 35.5. The predicted molar refractivity (Wildman–Crippen MR) is 86.7 cm³/mol. The second kappa shape index (κ2) is 6.30. The van der Waals surface area contributed by atoms with Crippen molar-refractivity contribution in [3.05, 3.63) is 58.1 Å². The van der Waals surface area contributed by atoms with E-state index in [0.29, 0.717) is 27.2 Å². The van der Waals surface area contributed by atoms with Crippen LogP contribution in [0.1, 0.15) is 5.56 Å². The van der Waals surface area contributed by atoms with E-state index in [4.69, 9.17) is 32.7 Å². The Labute approximate surface area is 137 Å². The highest BCUT2D eigenvalue weighted by Gasteiger charge is 2.12. The Morgan fingerprint density at radius 2 is 1.86 bits per heavy atom. The monoisotopic (exact) mass is 335 g/mol. The van der Waals surface area contributed by atoms with Gasteiger partial charge in [0.15, 0.2) is 11.5 Å². The first-order valence-corrected chi connectivity index (χ1v) is 7.21. The van der Waals surface area contributed by atoms with Crippen LogP contribution in [0.15, 0.2) is 42.5 Å². The Morgan fingerprint density at radius 1 is 1.05 bits per heavy atom. The van der Waals surface area contributed by atoms with Gasteiger partial charge in [0.05, 0.1) is 10.0 Å². The molecule has 3 rings (SSSR count). The number of rotatable bonds is 3. The first-order valence-electron chi connectivity index (χ1n) is 6.45. The van der Waals surface area contributed by atoms with E-state index < -0.39 is 0 Å². The van der Waals surface area contributed by atoms with Crippen LogP contribution in [0.4, 0.5) is 5.69 Å². The number of halogens is 2. The molecule has 0 radical (unpaired) electrons. The Morgan fingerprint density at radius 3 is 2.68 bits per heavy atom. The van der Waals surface area contributed by atoms with Crippen molar-refractivity contribution in [3.8, 4) is 11.5 Å². The first kappa shape index (κ1) is 14.8. The molecule has 2 aromatic carbocycles. The summed E-state index contributed by atoms with van der Waals surface area (Å²) in [6, 6.07) is 10.4. The number of anilines is 1. The Bertz CT molecular complexity index is 759. The third kappa shape index (κ3) is 3.35. The summed E-state index contributed by atoms with van der Waals surface area (Å²) in [5.74, 6) is 1.11. The lowest BCUT2D eigenvalue weighted by Crippen LogP contribution is -2.07. The molecule has 4 nitrogen and oxygen atoms in total. The predicted octanol–water partition coefficient (Wildman–Crippen LogP) is 4.37. The number of fused-ring (bicyclic) bond motifs is 1. The fraction of sp³-hybridized carbons (Fsp3) is 0.0625. The van der Waals surface area contributed by atoms with E-state index in [1.54, 1.807) is 30.3 Å². The average molecular weight is 336 g/mol. The van der Waals surface area contributed by atoms with E-state index in [-0.39, 0.29) is 12.7 Å². The van der Waals surface area contributed by atoms with Gasteiger partial charge in [-0.2, -0.15) is 0 Å². The molecular weight excluding hydrogens is 325 g/mol. The molecule has 2 aromatic rings. The van der Waals surface area contributed by atoms with E-state index in [1.165, 1.54) is 6.08 Å². The van der Waals surface area contributed by atoms with Crippen molar-refractivity contribution in [2.75, 3.05) is 12.1 Å². The molecule has 0 spiro atoms. The van der Waals surface area contributed by atoms with Crippen molar-refractivity contribution in [1.82, 2.24) is 0 Å². The number of carbonyl (C=O) groups is 1. The van der Waals surface area contributed by atoms with Gasteiger partial charge in [-0.3, -0.25) is 4.79 Å².